The highest BCUT2D eigenvalue weighted by atomic mass is 35.5. The molecule has 3 rings (SSSR count). The topological polar surface area (TPSA) is 61.7 Å². The minimum atomic E-state index is -1.59. The van der Waals surface area contributed by atoms with Gasteiger partial charge < -0.3 is 20.1 Å². The number of anilines is 1. The molecule has 25 heavy (non-hydrogen) atoms. The summed E-state index contributed by atoms with van der Waals surface area (Å²) in [6.45, 7) is 1.77. The molecule has 0 saturated heterocycles. The summed E-state index contributed by atoms with van der Waals surface area (Å²) in [5, 5.41) is 24.3. The number of thiocarbonyl (C=S) groups is 1. The van der Waals surface area contributed by atoms with Gasteiger partial charge in [-0.05, 0) is 59.1 Å². The lowest BCUT2D eigenvalue weighted by Crippen LogP contribution is -2.31. The van der Waals surface area contributed by atoms with Crippen LogP contribution >= 0.6 is 23.8 Å². The standard InChI is InChI=1S/C18H15BClNO3S/c1-11-8-14(19(22)23)10-16(17(11)20)21-18(25)24-15-7-6-12-4-2-3-5-13(12)9-15/h2-10,22-23H,1H3,(H,21,25). The Hall–Kier alpha value is -2.12. The molecule has 0 bridgehead atoms. The minimum Gasteiger partial charge on any atom is -0.432 e. The molecule has 3 N–H and O–H groups in total. The van der Waals surface area contributed by atoms with Gasteiger partial charge in [0.15, 0.2) is 0 Å². The third-order valence-electron chi connectivity index (χ3n) is 3.74. The highest BCUT2D eigenvalue weighted by Gasteiger charge is 2.16. The molecule has 3 aromatic rings. The van der Waals surface area contributed by atoms with Gasteiger partial charge in [-0.3, -0.25) is 0 Å². The van der Waals surface area contributed by atoms with Gasteiger partial charge in [-0.2, -0.15) is 0 Å². The number of hydrogen-bond donors (Lipinski definition) is 3. The van der Waals surface area contributed by atoms with E-state index in [1.54, 1.807) is 13.0 Å². The van der Waals surface area contributed by atoms with E-state index in [-0.39, 0.29) is 5.17 Å². The third kappa shape index (κ3) is 4.11. The predicted octanol–water partition coefficient (Wildman–Crippen LogP) is 3.26. The fourth-order valence-electron chi connectivity index (χ4n) is 2.51. The molecule has 7 heteroatoms. The zero-order valence-electron chi connectivity index (χ0n) is 13.4. The first-order valence-corrected chi connectivity index (χ1v) is 8.36. The lowest BCUT2D eigenvalue weighted by Gasteiger charge is -2.14. The van der Waals surface area contributed by atoms with Gasteiger partial charge in [0.1, 0.15) is 5.75 Å². The second-order valence-corrected chi connectivity index (χ2v) is 6.35. The Bertz CT molecular complexity index is 949. The summed E-state index contributed by atoms with van der Waals surface area (Å²) in [6, 6.07) is 16.7. The summed E-state index contributed by atoms with van der Waals surface area (Å²) >= 11 is 11.5. The van der Waals surface area contributed by atoms with E-state index in [2.05, 4.69) is 5.32 Å². The van der Waals surface area contributed by atoms with Gasteiger partial charge in [0.2, 0.25) is 0 Å². The van der Waals surface area contributed by atoms with Crippen molar-refractivity contribution in [1.29, 1.82) is 0 Å². The summed E-state index contributed by atoms with van der Waals surface area (Å²) in [7, 11) is -1.59. The van der Waals surface area contributed by atoms with Crippen LogP contribution in [0.3, 0.4) is 0 Å². The molecule has 0 spiro atoms. The van der Waals surface area contributed by atoms with E-state index < -0.39 is 7.12 Å². The summed E-state index contributed by atoms with van der Waals surface area (Å²) < 4.78 is 5.66. The molecule has 3 aromatic carbocycles. The van der Waals surface area contributed by atoms with E-state index in [1.165, 1.54) is 6.07 Å². The molecule has 0 fully saturated rings. The summed E-state index contributed by atoms with van der Waals surface area (Å²) in [6.07, 6.45) is 0. The highest BCUT2D eigenvalue weighted by molar-refractivity contribution is 7.80. The minimum absolute atomic E-state index is 0.112. The number of fused-ring (bicyclic) bond motifs is 1. The molecule has 0 aliphatic heterocycles. The van der Waals surface area contributed by atoms with Crippen molar-refractivity contribution in [3.05, 3.63) is 65.2 Å². The van der Waals surface area contributed by atoms with Crippen molar-refractivity contribution in [2.45, 2.75) is 6.92 Å². The quantitative estimate of drug-likeness (QED) is 0.487. The SMILES string of the molecule is Cc1cc(B(O)O)cc(NC(=S)Oc2ccc3ccccc3c2)c1Cl. The Labute approximate surface area is 156 Å². The number of hydrogen-bond acceptors (Lipinski definition) is 4. The number of benzene rings is 3. The predicted molar refractivity (Wildman–Crippen MR) is 107 cm³/mol. The number of nitrogens with one attached hydrogen (secondary N) is 1. The lowest BCUT2D eigenvalue weighted by molar-refractivity contribution is 0.426. The van der Waals surface area contributed by atoms with E-state index in [9.17, 15) is 10.0 Å². The van der Waals surface area contributed by atoms with E-state index in [0.717, 1.165) is 10.8 Å². The van der Waals surface area contributed by atoms with Crippen molar-refractivity contribution < 1.29 is 14.8 Å². The van der Waals surface area contributed by atoms with E-state index >= 15 is 0 Å². The van der Waals surface area contributed by atoms with Crippen LogP contribution in [0, 0.1) is 6.92 Å². The van der Waals surface area contributed by atoms with Gasteiger partial charge >= 0.3 is 7.12 Å². The molecule has 4 nitrogen and oxygen atoms in total. The number of rotatable bonds is 3. The largest absolute Gasteiger partial charge is 0.488 e. The van der Waals surface area contributed by atoms with E-state index in [0.29, 0.717) is 27.5 Å². The normalized spacial score (nSPS) is 10.6. The first kappa shape index (κ1) is 17.7. The van der Waals surface area contributed by atoms with Crippen molar-refractivity contribution in [3.8, 4) is 5.75 Å². The van der Waals surface area contributed by atoms with E-state index in [4.69, 9.17) is 28.6 Å². The molecule has 126 valence electrons. The molecular weight excluding hydrogens is 357 g/mol. The zero-order valence-corrected chi connectivity index (χ0v) is 14.9. The van der Waals surface area contributed by atoms with Crippen LogP contribution in [-0.2, 0) is 0 Å². The smallest absolute Gasteiger partial charge is 0.432 e. The van der Waals surface area contributed by atoms with Crippen LogP contribution in [-0.4, -0.2) is 22.3 Å². The molecule has 0 amide bonds. The molecular formula is C18H15BClNO3S. The van der Waals surface area contributed by atoms with Gasteiger partial charge in [0.25, 0.3) is 5.17 Å². The van der Waals surface area contributed by atoms with E-state index in [1.807, 2.05) is 42.5 Å². The lowest BCUT2D eigenvalue weighted by atomic mass is 9.79. The second-order valence-electron chi connectivity index (χ2n) is 5.60. The second kappa shape index (κ2) is 7.41. The monoisotopic (exact) mass is 371 g/mol. The van der Waals surface area contributed by atoms with Crippen LogP contribution < -0.4 is 15.5 Å². The first-order chi connectivity index (χ1) is 11.9. The van der Waals surface area contributed by atoms with Gasteiger partial charge in [-0.15, -0.1) is 0 Å². The van der Waals surface area contributed by atoms with Gasteiger partial charge in [-0.25, -0.2) is 0 Å². The number of aryl methyl sites for hydroxylation is 1. The van der Waals surface area contributed by atoms with Crippen LogP contribution in [0.5, 0.6) is 5.75 Å². The molecule has 0 atom stereocenters. The molecule has 0 unspecified atom stereocenters. The third-order valence-corrected chi connectivity index (χ3v) is 4.43. The first-order valence-electron chi connectivity index (χ1n) is 7.58. The Kier molecular flexibility index (Phi) is 5.25. The number of halogens is 1. The maximum absolute atomic E-state index is 9.35. The van der Waals surface area contributed by atoms with Crippen molar-refractivity contribution in [2.75, 3.05) is 5.32 Å². The van der Waals surface area contributed by atoms with Crippen molar-refractivity contribution >= 4 is 58.0 Å². The number of ether oxygens (including phenoxy) is 1. The Morgan fingerprint density at radius 3 is 2.52 bits per heavy atom. The summed E-state index contributed by atoms with van der Waals surface area (Å²) in [5.41, 5.74) is 1.47. The maximum atomic E-state index is 9.35. The molecule has 0 saturated carbocycles. The zero-order chi connectivity index (χ0) is 18.0. The van der Waals surface area contributed by atoms with Gasteiger partial charge in [-0.1, -0.05) is 48.0 Å². The Balaban J connectivity index is 1.80. The highest BCUT2D eigenvalue weighted by Crippen LogP contribution is 2.25. The average molecular weight is 372 g/mol. The maximum Gasteiger partial charge on any atom is 0.488 e. The molecule has 0 radical (unpaired) electrons. The Morgan fingerprint density at radius 1 is 1.08 bits per heavy atom. The summed E-state index contributed by atoms with van der Waals surface area (Å²) in [4.78, 5) is 0. The molecule has 0 heterocycles. The van der Waals surface area contributed by atoms with Crippen LogP contribution in [0.2, 0.25) is 5.02 Å². The average Bonchev–Trinajstić information content (AvgIpc) is 2.58. The fraction of sp³-hybridized carbons (Fsp3) is 0.0556. The molecule has 0 aliphatic carbocycles. The molecule has 0 aliphatic rings. The Morgan fingerprint density at radius 2 is 1.80 bits per heavy atom. The molecule has 0 aromatic heterocycles. The van der Waals surface area contributed by atoms with Crippen LogP contribution in [0.15, 0.2) is 54.6 Å². The summed E-state index contributed by atoms with van der Waals surface area (Å²) in [5.74, 6) is 0.599. The van der Waals surface area contributed by atoms with Crippen LogP contribution in [0.25, 0.3) is 10.8 Å². The van der Waals surface area contributed by atoms with Crippen LogP contribution in [0.1, 0.15) is 5.56 Å². The van der Waals surface area contributed by atoms with Gasteiger partial charge in [0.05, 0.1) is 10.7 Å². The van der Waals surface area contributed by atoms with Crippen molar-refractivity contribution in [2.24, 2.45) is 0 Å². The van der Waals surface area contributed by atoms with Crippen molar-refractivity contribution in [3.63, 3.8) is 0 Å². The van der Waals surface area contributed by atoms with Crippen LogP contribution in [0.4, 0.5) is 5.69 Å². The van der Waals surface area contributed by atoms with Crippen molar-refractivity contribution in [1.82, 2.24) is 0 Å². The fourth-order valence-corrected chi connectivity index (χ4v) is 2.87. The van der Waals surface area contributed by atoms with Gasteiger partial charge in [0, 0.05) is 0 Å².